The normalized spacial score (nSPS) is 9.80. The van der Waals surface area contributed by atoms with Gasteiger partial charge in [-0.15, -0.1) is 0 Å². The van der Waals surface area contributed by atoms with Crippen LogP contribution in [0.2, 0.25) is 0 Å². The zero-order chi connectivity index (χ0) is 11.4. The van der Waals surface area contributed by atoms with Gasteiger partial charge < -0.3 is 4.74 Å². The van der Waals surface area contributed by atoms with E-state index in [-0.39, 0.29) is 16.9 Å². The number of hydrogen-bond acceptors (Lipinski definition) is 4. The Bertz CT molecular complexity index is 427. The molecule has 0 amide bonds. The molecule has 0 saturated heterocycles. The molecule has 1 aromatic rings. The fourth-order valence-electron chi connectivity index (χ4n) is 1.09. The fourth-order valence-corrected chi connectivity index (χ4v) is 1.09. The maximum atomic E-state index is 12.4. The van der Waals surface area contributed by atoms with Gasteiger partial charge in [0.1, 0.15) is 17.3 Å². The van der Waals surface area contributed by atoms with E-state index in [0.717, 1.165) is 13.3 Å². The number of carbonyl (C=O) groups is 1. The number of rotatable bonds is 3. The molecule has 15 heavy (non-hydrogen) atoms. The van der Waals surface area contributed by atoms with Crippen molar-refractivity contribution in [3.05, 3.63) is 23.0 Å². The molecule has 0 unspecified atom stereocenters. The number of hydrogen-bond donors (Lipinski definition) is 0. The molecule has 0 aliphatic rings. The minimum absolute atomic E-state index is 0.0706. The first kappa shape index (κ1) is 11.0. The summed E-state index contributed by atoms with van der Waals surface area (Å²) in [6.07, 6.45) is -1.56. The Balaban J connectivity index is 3.49. The van der Waals surface area contributed by atoms with E-state index in [1.807, 2.05) is 0 Å². The maximum absolute atomic E-state index is 12.4. The van der Waals surface area contributed by atoms with E-state index in [9.17, 15) is 13.6 Å². The van der Waals surface area contributed by atoms with Gasteiger partial charge in [0.15, 0.2) is 12.0 Å². The fraction of sp³-hybridized carbons (Fsp3) is 0.222. The van der Waals surface area contributed by atoms with Gasteiger partial charge in [0.05, 0.1) is 12.7 Å². The number of nitriles is 1. The number of nitrogens with zero attached hydrogens (tertiary/aromatic N) is 2. The monoisotopic (exact) mass is 212 g/mol. The van der Waals surface area contributed by atoms with Crippen LogP contribution in [-0.4, -0.2) is 18.4 Å². The Morgan fingerprint density at radius 2 is 2.33 bits per heavy atom. The first-order chi connectivity index (χ1) is 7.15. The molecule has 1 rings (SSSR count). The number of halogens is 2. The summed E-state index contributed by atoms with van der Waals surface area (Å²) in [6.45, 7) is 0. The molecular weight excluding hydrogens is 206 g/mol. The summed E-state index contributed by atoms with van der Waals surface area (Å²) >= 11 is 0. The Kier molecular flexibility index (Phi) is 3.29. The number of ether oxygens (including phenoxy) is 1. The summed E-state index contributed by atoms with van der Waals surface area (Å²) in [7, 11) is 1.14. The molecule has 78 valence electrons. The van der Waals surface area contributed by atoms with E-state index in [0.29, 0.717) is 6.29 Å². The van der Waals surface area contributed by atoms with E-state index >= 15 is 0 Å². The number of pyridine rings is 1. The van der Waals surface area contributed by atoms with Gasteiger partial charge in [-0.25, -0.2) is 8.78 Å². The highest BCUT2D eigenvalue weighted by Gasteiger charge is 2.21. The molecule has 0 aliphatic carbocycles. The average molecular weight is 212 g/mol. The molecule has 0 aliphatic heterocycles. The zero-order valence-electron chi connectivity index (χ0n) is 7.70. The van der Waals surface area contributed by atoms with Gasteiger partial charge >= 0.3 is 0 Å². The van der Waals surface area contributed by atoms with Crippen molar-refractivity contribution in [2.24, 2.45) is 0 Å². The smallest absolute Gasteiger partial charge is 0.284 e. The lowest BCUT2D eigenvalue weighted by Gasteiger charge is -2.09. The first-order valence-corrected chi connectivity index (χ1v) is 3.86. The molecule has 0 radical (unpaired) electrons. The summed E-state index contributed by atoms with van der Waals surface area (Å²) in [5.74, 6) is -0.350. The Morgan fingerprint density at radius 3 is 2.73 bits per heavy atom. The van der Waals surface area contributed by atoms with E-state index in [2.05, 4.69) is 9.72 Å². The predicted molar refractivity (Wildman–Crippen MR) is 45.8 cm³/mol. The molecule has 0 aromatic carbocycles. The van der Waals surface area contributed by atoms with Gasteiger partial charge in [-0.2, -0.15) is 5.26 Å². The first-order valence-electron chi connectivity index (χ1n) is 3.86. The van der Waals surface area contributed by atoms with Crippen molar-refractivity contribution in [1.29, 1.82) is 5.26 Å². The van der Waals surface area contributed by atoms with E-state index in [1.165, 1.54) is 0 Å². The summed E-state index contributed by atoms with van der Waals surface area (Å²) in [5, 5.41) is 8.71. The summed E-state index contributed by atoms with van der Waals surface area (Å²) in [5.41, 5.74) is -0.934. The molecular formula is C9H6F2N2O2. The SMILES string of the molecule is COc1c(C(F)F)ncc(C=O)c1C#N. The van der Waals surface area contributed by atoms with Crippen molar-refractivity contribution in [2.45, 2.75) is 6.43 Å². The molecule has 0 spiro atoms. The molecule has 6 heteroatoms. The number of aldehydes is 1. The van der Waals surface area contributed by atoms with Crippen LogP contribution < -0.4 is 4.74 Å². The van der Waals surface area contributed by atoms with Gasteiger partial charge in [0, 0.05) is 6.20 Å². The second-order valence-corrected chi connectivity index (χ2v) is 2.54. The molecule has 1 heterocycles. The van der Waals surface area contributed by atoms with E-state index in [4.69, 9.17) is 5.26 Å². The van der Waals surface area contributed by atoms with Crippen molar-refractivity contribution in [2.75, 3.05) is 7.11 Å². The number of alkyl halides is 2. The molecule has 0 fully saturated rings. The topological polar surface area (TPSA) is 63.0 Å². The minimum atomic E-state index is -2.85. The summed E-state index contributed by atoms with van der Waals surface area (Å²) < 4.78 is 29.5. The Labute approximate surface area is 84.1 Å². The molecule has 4 nitrogen and oxygen atoms in total. The van der Waals surface area contributed by atoms with Gasteiger partial charge in [0.25, 0.3) is 6.43 Å². The number of carbonyl (C=O) groups excluding carboxylic acids is 1. The summed E-state index contributed by atoms with van der Waals surface area (Å²) in [6, 6.07) is 1.63. The third-order valence-corrected chi connectivity index (χ3v) is 1.74. The zero-order valence-corrected chi connectivity index (χ0v) is 7.70. The van der Waals surface area contributed by atoms with Crippen molar-refractivity contribution < 1.29 is 18.3 Å². The van der Waals surface area contributed by atoms with Crippen molar-refractivity contribution in [3.63, 3.8) is 0 Å². The second kappa shape index (κ2) is 4.46. The highest BCUT2D eigenvalue weighted by Crippen LogP contribution is 2.30. The van der Waals surface area contributed by atoms with Crippen LogP contribution in [0.5, 0.6) is 5.75 Å². The van der Waals surface area contributed by atoms with Crippen molar-refractivity contribution >= 4 is 6.29 Å². The molecule has 0 saturated carbocycles. The maximum Gasteiger partial charge on any atom is 0.284 e. The van der Waals surface area contributed by atoms with Gasteiger partial charge in [-0.1, -0.05) is 0 Å². The van der Waals surface area contributed by atoms with E-state index < -0.39 is 12.1 Å². The van der Waals surface area contributed by atoms with Crippen LogP contribution in [0.4, 0.5) is 8.78 Å². The Hall–Kier alpha value is -2.03. The lowest BCUT2D eigenvalue weighted by atomic mass is 10.1. The average Bonchev–Trinajstić information content (AvgIpc) is 2.26. The van der Waals surface area contributed by atoms with Gasteiger partial charge in [-0.05, 0) is 0 Å². The largest absolute Gasteiger partial charge is 0.493 e. The van der Waals surface area contributed by atoms with Crippen molar-refractivity contribution in [3.8, 4) is 11.8 Å². The number of methoxy groups -OCH3 is 1. The van der Waals surface area contributed by atoms with Crippen LogP contribution in [0.25, 0.3) is 0 Å². The molecule has 0 bridgehead atoms. The van der Waals surface area contributed by atoms with Crippen LogP contribution >= 0.6 is 0 Å². The standard InChI is InChI=1S/C9H6F2N2O2/c1-15-8-6(2-12)5(4-14)3-13-7(8)9(10)11/h3-4,9H,1H3. The lowest BCUT2D eigenvalue weighted by Crippen LogP contribution is -2.02. The third kappa shape index (κ3) is 1.91. The van der Waals surface area contributed by atoms with Crippen LogP contribution in [0, 0.1) is 11.3 Å². The predicted octanol–water partition coefficient (Wildman–Crippen LogP) is 1.71. The van der Waals surface area contributed by atoms with Gasteiger partial charge in [-0.3, -0.25) is 9.78 Å². The van der Waals surface area contributed by atoms with Crippen LogP contribution in [0.3, 0.4) is 0 Å². The molecule has 1 aromatic heterocycles. The second-order valence-electron chi connectivity index (χ2n) is 2.54. The van der Waals surface area contributed by atoms with Crippen LogP contribution in [0.1, 0.15) is 28.0 Å². The van der Waals surface area contributed by atoms with E-state index in [1.54, 1.807) is 6.07 Å². The van der Waals surface area contributed by atoms with Gasteiger partial charge in [0.2, 0.25) is 0 Å². The Morgan fingerprint density at radius 1 is 1.67 bits per heavy atom. The number of aromatic nitrogens is 1. The summed E-state index contributed by atoms with van der Waals surface area (Å²) in [4.78, 5) is 13.9. The highest BCUT2D eigenvalue weighted by molar-refractivity contribution is 5.80. The van der Waals surface area contributed by atoms with Crippen molar-refractivity contribution in [1.82, 2.24) is 4.98 Å². The third-order valence-electron chi connectivity index (χ3n) is 1.74. The van der Waals surface area contributed by atoms with Crippen LogP contribution in [0.15, 0.2) is 6.20 Å². The minimum Gasteiger partial charge on any atom is -0.493 e. The molecule has 0 atom stereocenters. The molecule has 0 N–H and O–H groups in total. The quantitative estimate of drug-likeness (QED) is 0.715. The van der Waals surface area contributed by atoms with Crippen LogP contribution in [-0.2, 0) is 0 Å². The lowest BCUT2D eigenvalue weighted by molar-refractivity contribution is 0.112. The highest BCUT2D eigenvalue weighted by atomic mass is 19.3.